The highest BCUT2D eigenvalue weighted by Gasteiger charge is 2.09. The van der Waals surface area contributed by atoms with Crippen molar-refractivity contribution in [3.63, 3.8) is 0 Å². The molecule has 0 aliphatic heterocycles. The van der Waals surface area contributed by atoms with Gasteiger partial charge in [0.2, 0.25) is 0 Å². The summed E-state index contributed by atoms with van der Waals surface area (Å²) in [6, 6.07) is 3.72. The van der Waals surface area contributed by atoms with E-state index in [-0.39, 0.29) is 0 Å². The highest BCUT2D eigenvalue weighted by Crippen LogP contribution is 2.36. The van der Waals surface area contributed by atoms with Gasteiger partial charge >= 0.3 is 0 Å². The van der Waals surface area contributed by atoms with Gasteiger partial charge in [0.15, 0.2) is 5.75 Å². The zero-order valence-electron chi connectivity index (χ0n) is 8.94. The number of ether oxygens (including phenoxy) is 1. The van der Waals surface area contributed by atoms with E-state index in [2.05, 4.69) is 28.2 Å². The molecule has 15 heavy (non-hydrogen) atoms. The maximum Gasteiger partial charge on any atom is 0.156 e. The first-order chi connectivity index (χ1) is 7.19. The van der Waals surface area contributed by atoms with Crippen molar-refractivity contribution in [2.24, 2.45) is 0 Å². The quantitative estimate of drug-likeness (QED) is 0.872. The van der Waals surface area contributed by atoms with Gasteiger partial charge in [-0.3, -0.25) is 0 Å². The molecule has 0 radical (unpaired) electrons. The Labute approximate surface area is 104 Å². The van der Waals surface area contributed by atoms with Crippen LogP contribution in [0, 0.1) is 0 Å². The molecule has 1 rings (SSSR count). The summed E-state index contributed by atoms with van der Waals surface area (Å²) in [7, 11) is 0. The van der Waals surface area contributed by atoms with Crippen molar-refractivity contribution in [1.29, 1.82) is 0 Å². The Morgan fingerprint density at radius 2 is 2.13 bits per heavy atom. The van der Waals surface area contributed by atoms with Crippen LogP contribution in [0.1, 0.15) is 20.3 Å². The van der Waals surface area contributed by atoms with Gasteiger partial charge in [0.1, 0.15) is 0 Å². The lowest BCUT2D eigenvalue weighted by Gasteiger charge is -2.14. The summed E-state index contributed by atoms with van der Waals surface area (Å²) >= 11 is 9.42. The van der Waals surface area contributed by atoms with E-state index in [4.69, 9.17) is 16.3 Å². The normalized spacial score (nSPS) is 10.1. The number of nitrogens with one attached hydrogen (secondary N) is 1. The minimum atomic E-state index is 0.640. The number of rotatable bonds is 5. The molecule has 0 saturated heterocycles. The van der Waals surface area contributed by atoms with Crippen LogP contribution >= 0.6 is 27.5 Å². The van der Waals surface area contributed by atoms with E-state index in [0.717, 1.165) is 28.9 Å². The van der Waals surface area contributed by atoms with E-state index < -0.39 is 0 Å². The molecule has 0 unspecified atom stereocenters. The number of benzene rings is 1. The Hall–Kier alpha value is -0.410. The van der Waals surface area contributed by atoms with Crippen LogP contribution < -0.4 is 10.1 Å². The zero-order valence-corrected chi connectivity index (χ0v) is 11.3. The fraction of sp³-hybridized carbons (Fsp3) is 0.455. The molecule has 0 aromatic heterocycles. The average Bonchev–Trinajstić information content (AvgIpc) is 2.19. The first-order valence-electron chi connectivity index (χ1n) is 5.04. The van der Waals surface area contributed by atoms with Crippen LogP contribution in [0.2, 0.25) is 5.02 Å². The van der Waals surface area contributed by atoms with Gasteiger partial charge in [-0.2, -0.15) is 0 Å². The van der Waals surface area contributed by atoms with Gasteiger partial charge in [-0.15, -0.1) is 0 Å². The molecule has 1 aromatic rings. The lowest BCUT2D eigenvalue weighted by molar-refractivity contribution is 0.339. The predicted molar refractivity (Wildman–Crippen MR) is 69.1 cm³/mol. The molecule has 0 aliphatic carbocycles. The van der Waals surface area contributed by atoms with Crippen LogP contribution in [-0.2, 0) is 0 Å². The van der Waals surface area contributed by atoms with E-state index in [1.165, 1.54) is 0 Å². The molecule has 0 aliphatic rings. The molecule has 1 N–H and O–H groups in total. The summed E-state index contributed by atoms with van der Waals surface area (Å²) in [5, 5.41) is 3.99. The predicted octanol–water partition coefficient (Wildman–Crippen LogP) is 4.32. The third-order valence-corrected chi connectivity index (χ3v) is 2.67. The number of anilines is 1. The largest absolute Gasteiger partial charge is 0.491 e. The number of halogens is 2. The highest BCUT2D eigenvalue weighted by molar-refractivity contribution is 9.10. The van der Waals surface area contributed by atoms with Gasteiger partial charge in [0.05, 0.1) is 16.8 Å². The summed E-state index contributed by atoms with van der Waals surface area (Å²) in [5.41, 5.74) is 0.943. The van der Waals surface area contributed by atoms with Gasteiger partial charge in [-0.25, -0.2) is 0 Å². The standard InChI is InChI=1S/C11H15BrClNO/c1-3-5-14-10-7-8(13)6-9(12)11(10)15-4-2/h6-7,14H,3-5H2,1-2H3. The molecule has 84 valence electrons. The van der Waals surface area contributed by atoms with Crippen LogP contribution in [0.5, 0.6) is 5.75 Å². The number of hydrogen-bond donors (Lipinski definition) is 1. The molecule has 4 heteroatoms. The summed E-state index contributed by atoms with van der Waals surface area (Å²) in [5.74, 6) is 0.829. The second-order valence-corrected chi connectivity index (χ2v) is 4.41. The van der Waals surface area contributed by atoms with Gasteiger partial charge in [-0.1, -0.05) is 18.5 Å². The molecule has 0 bridgehead atoms. The topological polar surface area (TPSA) is 21.3 Å². The second kappa shape index (κ2) is 6.23. The molecule has 0 amide bonds. The molecule has 0 heterocycles. The van der Waals surface area contributed by atoms with Crippen molar-refractivity contribution in [2.45, 2.75) is 20.3 Å². The fourth-order valence-electron chi connectivity index (χ4n) is 1.24. The van der Waals surface area contributed by atoms with E-state index in [9.17, 15) is 0 Å². The monoisotopic (exact) mass is 291 g/mol. The number of hydrogen-bond acceptors (Lipinski definition) is 2. The summed E-state index contributed by atoms with van der Waals surface area (Å²) in [4.78, 5) is 0. The average molecular weight is 293 g/mol. The SMILES string of the molecule is CCCNc1cc(Cl)cc(Br)c1OCC. The van der Waals surface area contributed by atoms with Gasteiger partial charge in [-0.05, 0) is 41.4 Å². The Balaban J connectivity index is 2.97. The molecule has 0 fully saturated rings. The van der Waals surface area contributed by atoms with Crippen LogP contribution in [0.15, 0.2) is 16.6 Å². The highest BCUT2D eigenvalue weighted by atomic mass is 79.9. The maximum atomic E-state index is 5.98. The van der Waals surface area contributed by atoms with Crippen molar-refractivity contribution < 1.29 is 4.74 Å². The molecule has 1 aromatic carbocycles. The van der Waals surface area contributed by atoms with Crippen molar-refractivity contribution in [3.05, 3.63) is 21.6 Å². The Morgan fingerprint density at radius 3 is 2.73 bits per heavy atom. The Bertz CT molecular complexity index is 331. The third kappa shape index (κ3) is 3.58. The summed E-state index contributed by atoms with van der Waals surface area (Å²) in [6.45, 7) is 5.63. The van der Waals surface area contributed by atoms with Crippen molar-refractivity contribution in [2.75, 3.05) is 18.5 Å². The molecule has 0 saturated carbocycles. The van der Waals surface area contributed by atoms with Crippen LogP contribution in [0.4, 0.5) is 5.69 Å². The summed E-state index contributed by atoms with van der Waals surface area (Å²) < 4.78 is 6.44. The van der Waals surface area contributed by atoms with Crippen molar-refractivity contribution in [3.8, 4) is 5.75 Å². The first kappa shape index (κ1) is 12.7. The van der Waals surface area contributed by atoms with Crippen LogP contribution in [0.25, 0.3) is 0 Å². The zero-order chi connectivity index (χ0) is 11.3. The van der Waals surface area contributed by atoms with Crippen molar-refractivity contribution in [1.82, 2.24) is 0 Å². The third-order valence-electron chi connectivity index (χ3n) is 1.86. The first-order valence-corrected chi connectivity index (χ1v) is 6.21. The lowest BCUT2D eigenvalue weighted by Crippen LogP contribution is -2.03. The van der Waals surface area contributed by atoms with Crippen LogP contribution in [-0.4, -0.2) is 13.2 Å². The van der Waals surface area contributed by atoms with Gasteiger partial charge in [0.25, 0.3) is 0 Å². The van der Waals surface area contributed by atoms with E-state index in [1.54, 1.807) is 0 Å². The Morgan fingerprint density at radius 1 is 1.40 bits per heavy atom. The van der Waals surface area contributed by atoms with E-state index in [0.29, 0.717) is 11.6 Å². The molecule has 0 spiro atoms. The summed E-state index contributed by atoms with van der Waals surface area (Å²) in [6.07, 6.45) is 1.07. The van der Waals surface area contributed by atoms with E-state index in [1.807, 2.05) is 19.1 Å². The fourth-order valence-corrected chi connectivity index (χ4v) is 2.17. The molecular weight excluding hydrogens is 277 g/mol. The van der Waals surface area contributed by atoms with Gasteiger partial charge < -0.3 is 10.1 Å². The molecule has 2 nitrogen and oxygen atoms in total. The van der Waals surface area contributed by atoms with Gasteiger partial charge in [0, 0.05) is 11.6 Å². The molecule has 0 atom stereocenters. The maximum absolute atomic E-state index is 5.98. The second-order valence-electron chi connectivity index (χ2n) is 3.12. The Kier molecular flexibility index (Phi) is 5.26. The minimum Gasteiger partial charge on any atom is -0.491 e. The molecular formula is C11H15BrClNO. The van der Waals surface area contributed by atoms with E-state index >= 15 is 0 Å². The smallest absolute Gasteiger partial charge is 0.156 e. The van der Waals surface area contributed by atoms with Crippen LogP contribution in [0.3, 0.4) is 0 Å². The van der Waals surface area contributed by atoms with Crippen molar-refractivity contribution >= 4 is 33.2 Å². The lowest BCUT2D eigenvalue weighted by atomic mass is 10.3. The minimum absolute atomic E-state index is 0.640.